The Hall–Kier alpha value is -0.730. The van der Waals surface area contributed by atoms with Gasteiger partial charge in [0.2, 0.25) is 5.91 Å². The van der Waals surface area contributed by atoms with Crippen LogP contribution in [0.2, 0.25) is 0 Å². The normalized spacial score (nSPS) is 42.9. The Morgan fingerprint density at radius 3 is 2.47 bits per heavy atom. The van der Waals surface area contributed by atoms with Gasteiger partial charge in [-0.05, 0) is 44.4 Å². The molecule has 2 aliphatic heterocycles. The van der Waals surface area contributed by atoms with Crippen LogP contribution in [0, 0.1) is 17.8 Å². The van der Waals surface area contributed by atoms with Crippen LogP contribution in [-0.4, -0.2) is 59.4 Å². The first-order chi connectivity index (χ1) is 14.2. The van der Waals surface area contributed by atoms with Gasteiger partial charge < -0.3 is 30.7 Å². The average Bonchev–Trinajstić information content (AvgIpc) is 2.73. The number of nitrogens with two attached hydrogens (primary N) is 1. The number of hydrogen-bond donors (Lipinski definition) is 4. The van der Waals surface area contributed by atoms with Gasteiger partial charge in [-0.15, -0.1) is 0 Å². The standard InChI is InChI=1S/C23H44N2O5/c1-5-17-9-6-8-14(2)11-12-18(15(3)22(28)25-13-7-10-17)30-23-21(27)19(24)20(26)16(4)29-23/h14-21,23,26-27H,5-13,24H2,1-4H3,(H,25,28). The van der Waals surface area contributed by atoms with E-state index in [1.54, 1.807) is 6.92 Å². The van der Waals surface area contributed by atoms with Crippen LogP contribution in [0.25, 0.3) is 0 Å². The highest BCUT2D eigenvalue weighted by Gasteiger charge is 2.43. The molecule has 30 heavy (non-hydrogen) atoms. The van der Waals surface area contributed by atoms with Gasteiger partial charge >= 0.3 is 0 Å². The molecule has 0 aromatic rings. The van der Waals surface area contributed by atoms with Crippen molar-refractivity contribution in [1.82, 2.24) is 5.32 Å². The minimum Gasteiger partial charge on any atom is -0.389 e. The lowest BCUT2D eigenvalue weighted by Crippen LogP contribution is -2.62. The average molecular weight is 429 g/mol. The second kappa shape index (κ2) is 12.3. The maximum absolute atomic E-state index is 12.8. The van der Waals surface area contributed by atoms with Gasteiger partial charge in [0.15, 0.2) is 6.29 Å². The van der Waals surface area contributed by atoms with Crippen molar-refractivity contribution < 1.29 is 24.5 Å². The Morgan fingerprint density at radius 1 is 1.07 bits per heavy atom. The van der Waals surface area contributed by atoms with Gasteiger partial charge in [0.25, 0.3) is 0 Å². The largest absolute Gasteiger partial charge is 0.389 e. The summed E-state index contributed by atoms with van der Waals surface area (Å²) < 4.78 is 11.8. The number of hydrogen-bond acceptors (Lipinski definition) is 6. The number of nitrogens with one attached hydrogen (secondary N) is 1. The fourth-order valence-electron chi connectivity index (χ4n) is 4.62. The lowest BCUT2D eigenvalue weighted by Gasteiger charge is -2.41. The van der Waals surface area contributed by atoms with E-state index in [0.717, 1.165) is 25.2 Å². The van der Waals surface area contributed by atoms with E-state index in [-0.39, 0.29) is 17.9 Å². The number of carbonyl (C=O) groups excluding carboxylic acids is 1. The van der Waals surface area contributed by atoms with Crippen LogP contribution in [0.3, 0.4) is 0 Å². The molecule has 7 nitrogen and oxygen atoms in total. The maximum atomic E-state index is 12.8. The van der Waals surface area contributed by atoms with Crippen LogP contribution in [0.5, 0.6) is 0 Å². The van der Waals surface area contributed by atoms with Crippen LogP contribution in [0.1, 0.15) is 79.1 Å². The quantitative estimate of drug-likeness (QED) is 0.549. The Bertz CT molecular complexity index is 520. The smallest absolute Gasteiger partial charge is 0.225 e. The maximum Gasteiger partial charge on any atom is 0.225 e. The summed E-state index contributed by atoms with van der Waals surface area (Å²) in [5.41, 5.74) is 5.95. The Balaban J connectivity index is 2.05. The molecule has 9 unspecified atom stereocenters. The molecule has 1 amide bonds. The number of carbonyl (C=O) groups is 1. The minimum absolute atomic E-state index is 0.0274. The number of rotatable bonds is 3. The third kappa shape index (κ3) is 7.16. The Labute approximate surface area is 182 Å². The molecule has 176 valence electrons. The molecule has 0 bridgehead atoms. The Kier molecular flexibility index (Phi) is 10.5. The predicted octanol–water partition coefficient (Wildman–Crippen LogP) is 2.32. The summed E-state index contributed by atoms with van der Waals surface area (Å²) in [5.74, 6) is 0.903. The third-order valence-corrected chi connectivity index (χ3v) is 7.10. The molecule has 0 aliphatic carbocycles. The molecule has 2 aliphatic rings. The van der Waals surface area contributed by atoms with Crippen LogP contribution >= 0.6 is 0 Å². The molecule has 7 heteroatoms. The molecule has 0 radical (unpaired) electrons. The number of aliphatic hydroxyl groups excluding tert-OH is 2. The zero-order chi connectivity index (χ0) is 22.3. The first-order valence-corrected chi connectivity index (χ1v) is 11.9. The summed E-state index contributed by atoms with van der Waals surface area (Å²) in [6.07, 6.45) is 4.73. The van der Waals surface area contributed by atoms with E-state index in [9.17, 15) is 15.0 Å². The molecule has 0 aromatic heterocycles. The molecule has 5 N–H and O–H groups in total. The van der Waals surface area contributed by atoms with E-state index < -0.39 is 30.6 Å². The van der Waals surface area contributed by atoms with Gasteiger partial charge in [0.1, 0.15) is 6.10 Å². The van der Waals surface area contributed by atoms with Crippen LogP contribution < -0.4 is 11.1 Å². The first-order valence-electron chi connectivity index (χ1n) is 11.9. The van der Waals surface area contributed by atoms with E-state index >= 15 is 0 Å². The summed E-state index contributed by atoms with van der Waals surface area (Å²) >= 11 is 0. The minimum atomic E-state index is -1.14. The van der Waals surface area contributed by atoms with Gasteiger partial charge in [0, 0.05) is 6.54 Å². The highest BCUT2D eigenvalue weighted by molar-refractivity contribution is 5.78. The van der Waals surface area contributed by atoms with Crippen molar-refractivity contribution in [2.75, 3.05) is 6.54 Å². The summed E-state index contributed by atoms with van der Waals surface area (Å²) in [6, 6.07) is -0.841. The summed E-state index contributed by atoms with van der Waals surface area (Å²) in [7, 11) is 0. The number of ether oxygens (including phenoxy) is 2. The fraction of sp³-hybridized carbons (Fsp3) is 0.957. The molecule has 2 saturated heterocycles. The van der Waals surface area contributed by atoms with E-state index in [4.69, 9.17) is 15.2 Å². The third-order valence-electron chi connectivity index (χ3n) is 7.10. The van der Waals surface area contributed by atoms with Crippen molar-refractivity contribution in [3.8, 4) is 0 Å². The summed E-state index contributed by atoms with van der Waals surface area (Å²) in [5, 5.41) is 23.5. The molecule has 2 heterocycles. The van der Waals surface area contributed by atoms with Gasteiger partial charge in [0.05, 0.1) is 30.3 Å². The van der Waals surface area contributed by atoms with Gasteiger partial charge in [-0.3, -0.25) is 4.79 Å². The summed E-state index contributed by atoms with van der Waals surface area (Å²) in [6.45, 7) is 8.78. The zero-order valence-corrected chi connectivity index (χ0v) is 19.3. The van der Waals surface area contributed by atoms with Gasteiger partial charge in [-0.25, -0.2) is 0 Å². The lowest BCUT2D eigenvalue weighted by atomic mass is 9.88. The highest BCUT2D eigenvalue weighted by Crippen LogP contribution is 2.28. The second-order valence-electron chi connectivity index (χ2n) is 9.55. The van der Waals surface area contributed by atoms with Gasteiger partial charge in [-0.1, -0.05) is 46.5 Å². The second-order valence-corrected chi connectivity index (χ2v) is 9.55. The van der Waals surface area contributed by atoms with Gasteiger partial charge in [-0.2, -0.15) is 0 Å². The van der Waals surface area contributed by atoms with E-state index in [0.29, 0.717) is 18.9 Å². The van der Waals surface area contributed by atoms with Crippen LogP contribution in [0.15, 0.2) is 0 Å². The van der Waals surface area contributed by atoms with Crippen molar-refractivity contribution in [3.63, 3.8) is 0 Å². The van der Waals surface area contributed by atoms with Crippen LogP contribution in [-0.2, 0) is 14.3 Å². The molecule has 0 aromatic carbocycles. The monoisotopic (exact) mass is 428 g/mol. The molecular weight excluding hydrogens is 384 g/mol. The number of amides is 1. The highest BCUT2D eigenvalue weighted by atomic mass is 16.7. The van der Waals surface area contributed by atoms with Crippen molar-refractivity contribution in [3.05, 3.63) is 0 Å². The van der Waals surface area contributed by atoms with Crippen molar-refractivity contribution >= 4 is 5.91 Å². The molecular formula is C23H44N2O5. The SMILES string of the molecule is CCC1CCCNC(=O)C(C)C(OC2OC(C)C(O)C(N)C2O)CCC(C)CCC1. The van der Waals surface area contributed by atoms with E-state index in [2.05, 4.69) is 19.2 Å². The predicted molar refractivity (Wildman–Crippen MR) is 117 cm³/mol. The van der Waals surface area contributed by atoms with E-state index in [1.807, 2.05) is 6.92 Å². The molecule has 2 fully saturated rings. The van der Waals surface area contributed by atoms with Crippen molar-refractivity contribution in [2.45, 2.75) is 116 Å². The van der Waals surface area contributed by atoms with E-state index in [1.165, 1.54) is 25.7 Å². The fourth-order valence-corrected chi connectivity index (χ4v) is 4.62. The topological polar surface area (TPSA) is 114 Å². The lowest BCUT2D eigenvalue weighted by molar-refractivity contribution is -0.284. The van der Waals surface area contributed by atoms with Crippen LogP contribution in [0.4, 0.5) is 0 Å². The first kappa shape index (κ1) is 25.5. The Morgan fingerprint density at radius 2 is 1.77 bits per heavy atom. The van der Waals surface area contributed by atoms with Crippen molar-refractivity contribution in [2.24, 2.45) is 23.5 Å². The summed E-state index contributed by atoms with van der Waals surface area (Å²) in [4.78, 5) is 12.8. The molecule has 0 spiro atoms. The van der Waals surface area contributed by atoms with Crippen molar-refractivity contribution in [1.29, 1.82) is 0 Å². The number of aliphatic hydroxyl groups is 2. The molecule has 9 atom stereocenters. The molecule has 0 saturated carbocycles. The zero-order valence-electron chi connectivity index (χ0n) is 19.3. The molecule has 2 rings (SSSR count).